The molecule has 0 aliphatic carbocycles. The van der Waals surface area contributed by atoms with Crippen LogP contribution < -0.4 is 0 Å². The molecule has 5 nitrogen and oxygen atoms in total. The van der Waals surface area contributed by atoms with E-state index < -0.39 is 0 Å². The van der Waals surface area contributed by atoms with E-state index in [-0.39, 0.29) is 0 Å². The quantitative estimate of drug-likeness (QED) is 0.753. The van der Waals surface area contributed by atoms with Crippen LogP contribution >= 0.6 is 11.8 Å². The van der Waals surface area contributed by atoms with Crippen molar-refractivity contribution in [3.05, 3.63) is 23.8 Å². The zero-order valence-electron chi connectivity index (χ0n) is 11.8. The molecule has 0 amide bonds. The number of benzene rings is 1. The molecule has 1 saturated heterocycles. The summed E-state index contributed by atoms with van der Waals surface area (Å²) in [4.78, 5) is 7.90. The van der Waals surface area contributed by atoms with Gasteiger partial charge in [-0.05, 0) is 31.9 Å². The van der Waals surface area contributed by atoms with E-state index in [2.05, 4.69) is 45.3 Å². The summed E-state index contributed by atoms with van der Waals surface area (Å²) in [5.41, 5.74) is 3.91. The number of aromatic amines is 1. The van der Waals surface area contributed by atoms with Gasteiger partial charge in [0.2, 0.25) is 5.16 Å². The van der Waals surface area contributed by atoms with Crippen molar-refractivity contribution in [2.45, 2.75) is 31.0 Å². The molecule has 1 aromatic carbocycles. The molecule has 1 atom stereocenters. The Hall–Kier alpha value is -1.66. The molecule has 0 spiro atoms. The van der Waals surface area contributed by atoms with Crippen molar-refractivity contribution in [1.29, 1.82) is 0 Å². The fraction of sp³-hybridized carbons (Fsp3) is 0.400. The Morgan fingerprint density at radius 2 is 2.33 bits per heavy atom. The van der Waals surface area contributed by atoms with Gasteiger partial charge in [-0.2, -0.15) is 0 Å². The highest BCUT2D eigenvalue weighted by molar-refractivity contribution is 7.99. The summed E-state index contributed by atoms with van der Waals surface area (Å²) in [5.74, 6) is 0.895. The van der Waals surface area contributed by atoms with Gasteiger partial charge in [0.05, 0.1) is 6.10 Å². The average Bonchev–Trinajstić information content (AvgIpc) is 3.11. The van der Waals surface area contributed by atoms with Crippen LogP contribution in [0.4, 0.5) is 0 Å². The molecule has 4 rings (SSSR count). The van der Waals surface area contributed by atoms with Crippen molar-refractivity contribution in [1.82, 2.24) is 20.2 Å². The number of aromatic nitrogens is 4. The predicted octanol–water partition coefficient (Wildman–Crippen LogP) is 3.09. The first-order valence-corrected chi connectivity index (χ1v) is 8.15. The summed E-state index contributed by atoms with van der Waals surface area (Å²) in [5, 5.41) is 10.4. The van der Waals surface area contributed by atoms with Crippen LogP contribution in [-0.4, -0.2) is 38.6 Å². The third kappa shape index (κ3) is 2.49. The maximum atomic E-state index is 5.62. The molecule has 2 aromatic heterocycles. The number of thioether (sulfide) groups is 1. The van der Waals surface area contributed by atoms with Crippen LogP contribution in [0.3, 0.4) is 0 Å². The van der Waals surface area contributed by atoms with E-state index in [1.807, 2.05) is 0 Å². The molecule has 3 aromatic rings. The van der Waals surface area contributed by atoms with Crippen molar-refractivity contribution in [3.8, 4) is 0 Å². The van der Waals surface area contributed by atoms with Gasteiger partial charge in [0.25, 0.3) is 0 Å². The number of hydrogen-bond donors (Lipinski definition) is 1. The molecule has 1 N–H and O–H groups in total. The SMILES string of the molecule is Cc1ccc2[nH]c3nc(SC[C@H]4CCCO4)nnc3c2c1. The molecule has 0 bridgehead atoms. The number of hydrogen-bond acceptors (Lipinski definition) is 5. The Labute approximate surface area is 126 Å². The van der Waals surface area contributed by atoms with E-state index in [9.17, 15) is 0 Å². The number of fused-ring (bicyclic) bond motifs is 3. The van der Waals surface area contributed by atoms with Crippen LogP contribution in [0.5, 0.6) is 0 Å². The van der Waals surface area contributed by atoms with E-state index in [4.69, 9.17) is 4.74 Å². The monoisotopic (exact) mass is 300 g/mol. The molecule has 0 unspecified atom stereocenters. The van der Waals surface area contributed by atoms with E-state index in [1.54, 1.807) is 11.8 Å². The average molecular weight is 300 g/mol. The van der Waals surface area contributed by atoms with Gasteiger partial charge in [-0.25, -0.2) is 4.98 Å². The number of H-pyrrole nitrogens is 1. The van der Waals surface area contributed by atoms with Gasteiger partial charge in [0.15, 0.2) is 5.65 Å². The predicted molar refractivity (Wildman–Crippen MR) is 83.6 cm³/mol. The zero-order chi connectivity index (χ0) is 14.2. The van der Waals surface area contributed by atoms with Gasteiger partial charge in [-0.3, -0.25) is 0 Å². The smallest absolute Gasteiger partial charge is 0.211 e. The van der Waals surface area contributed by atoms with Crippen molar-refractivity contribution < 1.29 is 4.74 Å². The molecule has 0 saturated carbocycles. The highest BCUT2D eigenvalue weighted by Crippen LogP contribution is 2.25. The Kier molecular flexibility index (Phi) is 3.27. The van der Waals surface area contributed by atoms with Crippen molar-refractivity contribution in [3.63, 3.8) is 0 Å². The van der Waals surface area contributed by atoms with Gasteiger partial charge in [0, 0.05) is 23.3 Å². The second-order valence-electron chi connectivity index (χ2n) is 5.41. The van der Waals surface area contributed by atoms with Crippen molar-refractivity contribution in [2.75, 3.05) is 12.4 Å². The number of nitrogens with one attached hydrogen (secondary N) is 1. The molecule has 108 valence electrons. The molecule has 3 heterocycles. The van der Waals surface area contributed by atoms with Gasteiger partial charge in [-0.1, -0.05) is 23.4 Å². The molecule has 0 radical (unpaired) electrons. The Balaban J connectivity index is 1.64. The number of nitrogens with zero attached hydrogens (tertiary/aromatic N) is 3. The molecule has 1 aliphatic rings. The van der Waals surface area contributed by atoms with Crippen LogP contribution in [0.15, 0.2) is 23.4 Å². The topological polar surface area (TPSA) is 63.7 Å². The summed E-state index contributed by atoms with van der Waals surface area (Å²) in [6, 6.07) is 6.26. The van der Waals surface area contributed by atoms with Crippen LogP contribution in [0.25, 0.3) is 22.1 Å². The van der Waals surface area contributed by atoms with Gasteiger partial charge in [0.1, 0.15) is 5.52 Å². The van der Waals surface area contributed by atoms with Gasteiger partial charge < -0.3 is 9.72 Å². The van der Waals surface area contributed by atoms with E-state index in [0.29, 0.717) is 11.3 Å². The van der Waals surface area contributed by atoms with Gasteiger partial charge >= 0.3 is 0 Å². The molecular weight excluding hydrogens is 284 g/mol. The normalized spacial score (nSPS) is 18.8. The number of aryl methyl sites for hydroxylation is 1. The van der Waals surface area contributed by atoms with Crippen LogP contribution in [-0.2, 0) is 4.74 Å². The van der Waals surface area contributed by atoms with Crippen molar-refractivity contribution in [2.24, 2.45) is 0 Å². The molecule has 1 aliphatic heterocycles. The Morgan fingerprint density at radius 3 is 3.19 bits per heavy atom. The van der Waals surface area contributed by atoms with Crippen LogP contribution in [0.1, 0.15) is 18.4 Å². The van der Waals surface area contributed by atoms with E-state index in [0.717, 1.165) is 47.3 Å². The summed E-state index contributed by atoms with van der Waals surface area (Å²) in [7, 11) is 0. The lowest BCUT2D eigenvalue weighted by molar-refractivity contribution is 0.129. The first-order chi connectivity index (χ1) is 10.3. The second-order valence-corrected chi connectivity index (χ2v) is 6.40. The molecule has 6 heteroatoms. The summed E-state index contributed by atoms with van der Waals surface area (Å²) < 4.78 is 5.62. The first kappa shape index (κ1) is 13.0. The minimum atomic E-state index is 0.333. The van der Waals surface area contributed by atoms with Crippen LogP contribution in [0.2, 0.25) is 0 Å². The van der Waals surface area contributed by atoms with Crippen molar-refractivity contribution >= 4 is 33.8 Å². The maximum absolute atomic E-state index is 5.62. The molecule has 1 fully saturated rings. The largest absolute Gasteiger partial charge is 0.377 e. The highest BCUT2D eigenvalue weighted by Gasteiger charge is 2.17. The lowest BCUT2D eigenvalue weighted by Crippen LogP contribution is -2.08. The van der Waals surface area contributed by atoms with Gasteiger partial charge in [-0.15, -0.1) is 10.2 Å². The first-order valence-electron chi connectivity index (χ1n) is 7.17. The minimum Gasteiger partial charge on any atom is -0.377 e. The summed E-state index contributed by atoms with van der Waals surface area (Å²) in [6.45, 7) is 2.95. The highest BCUT2D eigenvalue weighted by atomic mass is 32.2. The Bertz CT molecular complexity index is 795. The second kappa shape index (κ2) is 5.27. The van der Waals surface area contributed by atoms with E-state index in [1.165, 1.54) is 5.56 Å². The lowest BCUT2D eigenvalue weighted by atomic mass is 10.2. The Morgan fingerprint density at radius 1 is 1.38 bits per heavy atom. The van der Waals surface area contributed by atoms with E-state index >= 15 is 0 Å². The lowest BCUT2D eigenvalue weighted by Gasteiger charge is -2.06. The fourth-order valence-electron chi connectivity index (χ4n) is 2.67. The zero-order valence-corrected chi connectivity index (χ0v) is 12.6. The summed E-state index contributed by atoms with van der Waals surface area (Å²) in [6.07, 6.45) is 2.62. The van der Waals surface area contributed by atoms with Crippen LogP contribution in [0, 0.1) is 6.92 Å². The molecule has 21 heavy (non-hydrogen) atoms. The number of ether oxygens (including phenoxy) is 1. The maximum Gasteiger partial charge on any atom is 0.211 e. The standard InChI is InChI=1S/C15H16N4OS/c1-9-4-5-12-11(7-9)13-14(16-12)17-15(19-18-13)21-8-10-3-2-6-20-10/h4-5,7,10H,2-3,6,8H2,1H3,(H,16,17,19)/t10-/m1/s1. The summed E-state index contributed by atoms with van der Waals surface area (Å²) >= 11 is 1.62. The third-order valence-electron chi connectivity index (χ3n) is 3.77. The minimum absolute atomic E-state index is 0.333. The number of rotatable bonds is 3. The fourth-order valence-corrected chi connectivity index (χ4v) is 3.53. The third-order valence-corrected chi connectivity index (χ3v) is 4.74. The molecular formula is C15H16N4OS.